The molecule has 1 spiro atoms. The van der Waals surface area contributed by atoms with Gasteiger partial charge in [-0.15, -0.1) is 0 Å². The van der Waals surface area contributed by atoms with Crippen LogP contribution in [0.1, 0.15) is 62.7 Å². The Kier molecular flexibility index (Phi) is 4.68. The number of hydrogen-bond donors (Lipinski definition) is 0. The van der Waals surface area contributed by atoms with Crippen molar-refractivity contribution in [1.29, 1.82) is 0 Å². The van der Waals surface area contributed by atoms with Crippen LogP contribution in [0.3, 0.4) is 0 Å². The lowest BCUT2D eigenvalue weighted by molar-refractivity contribution is 0.0606. The summed E-state index contributed by atoms with van der Waals surface area (Å²) in [5.74, 6) is 0.465. The summed E-state index contributed by atoms with van der Waals surface area (Å²) >= 11 is 0. The second-order valence-electron chi connectivity index (χ2n) is 8.77. The third-order valence-corrected chi connectivity index (χ3v) is 6.18. The van der Waals surface area contributed by atoms with Crippen LogP contribution in [0, 0.1) is 5.82 Å². The minimum absolute atomic E-state index is 0.0551. The number of carbonyl (C=O) groups is 1. The standard InChI is InChI=1S/C22H28FN3O2/c1-4-7-18-13-19(24-28-18)20(27)25-11-6-10-22(25)14-21(2,3)26(15-22)17-9-5-8-16(23)12-17/h5,8-9,12-13H,4,6-7,10-11,14-15H2,1-3H3. The molecule has 0 N–H and O–H groups in total. The molecule has 150 valence electrons. The molecule has 2 fully saturated rings. The fraction of sp³-hybridized carbons (Fsp3) is 0.545. The molecule has 1 atom stereocenters. The van der Waals surface area contributed by atoms with Crippen molar-refractivity contribution in [1.82, 2.24) is 10.1 Å². The molecular weight excluding hydrogens is 357 g/mol. The summed E-state index contributed by atoms with van der Waals surface area (Å²) in [5.41, 5.74) is 0.838. The monoisotopic (exact) mass is 385 g/mol. The Morgan fingerprint density at radius 3 is 2.89 bits per heavy atom. The summed E-state index contributed by atoms with van der Waals surface area (Å²) in [5, 5.41) is 4.03. The van der Waals surface area contributed by atoms with Crippen molar-refractivity contribution in [2.75, 3.05) is 18.0 Å². The van der Waals surface area contributed by atoms with Crippen molar-refractivity contribution in [3.05, 3.63) is 47.6 Å². The number of carbonyl (C=O) groups excluding carboxylic acids is 1. The van der Waals surface area contributed by atoms with E-state index in [9.17, 15) is 9.18 Å². The lowest BCUT2D eigenvalue weighted by atomic mass is 9.87. The van der Waals surface area contributed by atoms with Crippen LogP contribution in [-0.4, -0.2) is 40.1 Å². The first-order valence-electron chi connectivity index (χ1n) is 10.2. The van der Waals surface area contributed by atoms with Crippen LogP contribution in [0.2, 0.25) is 0 Å². The quantitative estimate of drug-likeness (QED) is 0.781. The molecule has 28 heavy (non-hydrogen) atoms. The second kappa shape index (κ2) is 6.90. The lowest BCUT2D eigenvalue weighted by Gasteiger charge is -2.34. The zero-order chi connectivity index (χ0) is 19.9. The topological polar surface area (TPSA) is 49.6 Å². The maximum atomic E-state index is 13.8. The molecule has 6 heteroatoms. The van der Waals surface area contributed by atoms with Gasteiger partial charge >= 0.3 is 0 Å². The molecule has 4 rings (SSSR count). The average molecular weight is 385 g/mol. The Morgan fingerprint density at radius 1 is 1.32 bits per heavy atom. The van der Waals surface area contributed by atoms with Crippen molar-refractivity contribution >= 4 is 11.6 Å². The Bertz CT molecular complexity index is 878. The Labute approximate surface area is 165 Å². The summed E-state index contributed by atoms with van der Waals surface area (Å²) in [6.07, 6.45) is 4.51. The zero-order valence-corrected chi connectivity index (χ0v) is 16.9. The molecule has 1 aromatic heterocycles. The van der Waals surface area contributed by atoms with Crippen molar-refractivity contribution < 1.29 is 13.7 Å². The molecule has 2 saturated heterocycles. The molecule has 0 aliphatic carbocycles. The Hall–Kier alpha value is -2.37. The minimum Gasteiger partial charge on any atom is -0.364 e. The predicted molar refractivity (Wildman–Crippen MR) is 106 cm³/mol. The highest BCUT2D eigenvalue weighted by Gasteiger charge is 2.55. The van der Waals surface area contributed by atoms with Crippen LogP contribution < -0.4 is 4.90 Å². The summed E-state index contributed by atoms with van der Waals surface area (Å²) < 4.78 is 19.2. The van der Waals surface area contributed by atoms with E-state index in [2.05, 4.69) is 30.8 Å². The molecule has 0 radical (unpaired) electrons. The summed E-state index contributed by atoms with van der Waals surface area (Å²) in [4.78, 5) is 17.5. The molecule has 2 aliphatic heterocycles. The predicted octanol–water partition coefficient (Wildman–Crippen LogP) is 4.43. The number of aryl methyl sites for hydroxylation is 1. The SMILES string of the molecule is CCCc1cc(C(=O)N2CCCC23CN(c2cccc(F)c2)C(C)(C)C3)no1. The molecule has 5 nitrogen and oxygen atoms in total. The van der Waals surface area contributed by atoms with Gasteiger partial charge < -0.3 is 14.3 Å². The van der Waals surface area contributed by atoms with Crippen LogP contribution in [0.5, 0.6) is 0 Å². The van der Waals surface area contributed by atoms with E-state index in [4.69, 9.17) is 4.52 Å². The van der Waals surface area contributed by atoms with Gasteiger partial charge in [0.15, 0.2) is 5.69 Å². The molecule has 1 amide bonds. The number of benzene rings is 1. The van der Waals surface area contributed by atoms with Gasteiger partial charge in [-0.2, -0.15) is 0 Å². The summed E-state index contributed by atoms with van der Waals surface area (Å²) in [6, 6.07) is 8.51. The van der Waals surface area contributed by atoms with Gasteiger partial charge in [0.2, 0.25) is 0 Å². The Morgan fingerprint density at radius 2 is 2.14 bits per heavy atom. The van der Waals surface area contributed by atoms with Crippen LogP contribution in [0.4, 0.5) is 10.1 Å². The third-order valence-electron chi connectivity index (χ3n) is 6.18. The first-order valence-corrected chi connectivity index (χ1v) is 10.2. The van der Waals surface area contributed by atoms with Crippen LogP contribution in [0.25, 0.3) is 0 Å². The molecule has 0 saturated carbocycles. The normalized spacial score (nSPS) is 23.7. The van der Waals surface area contributed by atoms with Crippen molar-refractivity contribution in [3.63, 3.8) is 0 Å². The number of aromatic nitrogens is 1. The molecule has 1 aromatic carbocycles. The number of likely N-dealkylation sites (tertiary alicyclic amines) is 1. The van der Waals surface area contributed by atoms with Gasteiger partial charge in [-0.05, 0) is 57.7 Å². The molecule has 0 bridgehead atoms. The van der Waals surface area contributed by atoms with Gasteiger partial charge in [-0.1, -0.05) is 18.1 Å². The van der Waals surface area contributed by atoms with Gasteiger partial charge in [-0.25, -0.2) is 4.39 Å². The number of amides is 1. The maximum Gasteiger partial charge on any atom is 0.276 e. The van der Waals surface area contributed by atoms with E-state index in [0.717, 1.165) is 50.1 Å². The molecule has 2 aliphatic rings. The molecule has 1 unspecified atom stereocenters. The van der Waals surface area contributed by atoms with E-state index >= 15 is 0 Å². The summed E-state index contributed by atoms with van der Waals surface area (Å²) in [7, 11) is 0. The minimum atomic E-state index is -0.253. The lowest BCUT2D eigenvalue weighted by Crippen LogP contribution is -2.49. The molecule has 2 aromatic rings. The maximum absolute atomic E-state index is 13.8. The van der Waals surface area contributed by atoms with E-state index in [-0.39, 0.29) is 22.8 Å². The largest absolute Gasteiger partial charge is 0.364 e. The summed E-state index contributed by atoms with van der Waals surface area (Å²) in [6.45, 7) is 7.84. The highest BCUT2D eigenvalue weighted by atomic mass is 19.1. The zero-order valence-electron chi connectivity index (χ0n) is 16.9. The van der Waals surface area contributed by atoms with Gasteiger partial charge in [-0.3, -0.25) is 4.79 Å². The van der Waals surface area contributed by atoms with E-state index in [0.29, 0.717) is 12.2 Å². The van der Waals surface area contributed by atoms with Crippen LogP contribution in [-0.2, 0) is 6.42 Å². The van der Waals surface area contributed by atoms with Crippen molar-refractivity contribution in [2.45, 2.75) is 64.0 Å². The fourth-order valence-corrected chi connectivity index (χ4v) is 5.07. The highest BCUT2D eigenvalue weighted by molar-refractivity contribution is 5.93. The highest BCUT2D eigenvalue weighted by Crippen LogP contribution is 2.47. The fourth-order valence-electron chi connectivity index (χ4n) is 5.07. The number of rotatable bonds is 4. The third kappa shape index (κ3) is 3.19. The first-order chi connectivity index (χ1) is 13.3. The smallest absolute Gasteiger partial charge is 0.276 e. The van der Waals surface area contributed by atoms with Crippen LogP contribution in [0.15, 0.2) is 34.9 Å². The van der Waals surface area contributed by atoms with Crippen LogP contribution >= 0.6 is 0 Å². The second-order valence-corrected chi connectivity index (χ2v) is 8.77. The molecular formula is C22H28FN3O2. The number of halogens is 1. The van der Waals surface area contributed by atoms with Gasteiger partial charge in [0.25, 0.3) is 5.91 Å². The van der Waals surface area contributed by atoms with E-state index in [1.54, 1.807) is 18.2 Å². The Balaban J connectivity index is 1.62. The van der Waals surface area contributed by atoms with Gasteiger partial charge in [0, 0.05) is 36.8 Å². The van der Waals surface area contributed by atoms with Crippen molar-refractivity contribution in [3.8, 4) is 0 Å². The average Bonchev–Trinajstić information content (AvgIpc) is 3.33. The van der Waals surface area contributed by atoms with E-state index in [1.165, 1.54) is 6.07 Å². The van der Waals surface area contributed by atoms with E-state index < -0.39 is 0 Å². The number of anilines is 1. The van der Waals surface area contributed by atoms with Crippen molar-refractivity contribution in [2.24, 2.45) is 0 Å². The van der Waals surface area contributed by atoms with E-state index in [1.807, 2.05) is 11.0 Å². The number of nitrogens with zero attached hydrogens (tertiary/aromatic N) is 3. The number of hydrogen-bond acceptors (Lipinski definition) is 4. The van der Waals surface area contributed by atoms with Gasteiger partial charge in [0.05, 0.1) is 5.54 Å². The van der Waals surface area contributed by atoms with Gasteiger partial charge in [0.1, 0.15) is 11.6 Å². The first kappa shape index (κ1) is 19.0. The molecule has 3 heterocycles.